The van der Waals surface area contributed by atoms with Crippen molar-refractivity contribution in [2.24, 2.45) is 0 Å². The molecule has 0 heterocycles. The van der Waals surface area contributed by atoms with E-state index in [2.05, 4.69) is 10.6 Å². The largest absolute Gasteiger partial charge is 0.418 e. The van der Waals surface area contributed by atoms with E-state index in [0.29, 0.717) is 0 Å². The summed E-state index contributed by atoms with van der Waals surface area (Å²) < 4.78 is 38.9. The first kappa shape index (κ1) is 20.7. The lowest BCUT2D eigenvalue weighted by Gasteiger charge is -2.12. The van der Waals surface area contributed by atoms with Gasteiger partial charge in [-0.3, -0.25) is 14.9 Å². The zero-order chi connectivity index (χ0) is 20.9. The van der Waals surface area contributed by atoms with Crippen molar-refractivity contribution >= 4 is 34.6 Å². The molecule has 2 aromatic rings. The van der Waals surface area contributed by atoms with Crippen LogP contribution in [-0.4, -0.2) is 10.8 Å². The predicted octanol–water partition coefficient (Wildman–Crippen LogP) is 4.73. The van der Waals surface area contributed by atoms with Gasteiger partial charge < -0.3 is 10.6 Å². The number of nitro groups is 1. The highest BCUT2D eigenvalue weighted by molar-refractivity contribution is 6.32. The van der Waals surface area contributed by atoms with Gasteiger partial charge in [0.25, 0.3) is 11.6 Å². The van der Waals surface area contributed by atoms with E-state index in [9.17, 15) is 28.1 Å². The summed E-state index contributed by atoms with van der Waals surface area (Å²) in [6, 6.07) is 9.51. The van der Waals surface area contributed by atoms with E-state index in [4.69, 9.17) is 16.9 Å². The van der Waals surface area contributed by atoms with Crippen LogP contribution in [0, 0.1) is 21.4 Å². The van der Waals surface area contributed by atoms with Gasteiger partial charge in [0, 0.05) is 18.0 Å². The van der Waals surface area contributed by atoms with Crippen molar-refractivity contribution in [1.82, 2.24) is 0 Å². The first-order chi connectivity index (χ1) is 13.1. The Balaban J connectivity index is 2.23. The van der Waals surface area contributed by atoms with Gasteiger partial charge in [0.05, 0.1) is 16.2 Å². The number of amides is 1. The van der Waals surface area contributed by atoms with Crippen molar-refractivity contribution < 1.29 is 22.9 Å². The third-order valence-electron chi connectivity index (χ3n) is 3.37. The molecule has 0 unspecified atom stereocenters. The molecule has 28 heavy (non-hydrogen) atoms. The van der Waals surface area contributed by atoms with Gasteiger partial charge in [0.1, 0.15) is 16.7 Å². The molecule has 0 saturated heterocycles. The number of carbonyl (C=O) groups is 1. The molecule has 0 spiro atoms. The minimum Gasteiger partial charge on any atom is -0.360 e. The van der Waals surface area contributed by atoms with Crippen LogP contribution in [0.25, 0.3) is 0 Å². The van der Waals surface area contributed by atoms with E-state index in [-0.39, 0.29) is 16.4 Å². The Labute approximate surface area is 161 Å². The van der Waals surface area contributed by atoms with Crippen LogP contribution in [0.3, 0.4) is 0 Å². The monoisotopic (exact) mass is 410 g/mol. The molecule has 144 valence electrons. The van der Waals surface area contributed by atoms with E-state index >= 15 is 0 Å². The fourth-order valence-corrected chi connectivity index (χ4v) is 2.27. The molecule has 0 radical (unpaired) electrons. The maximum absolute atomic E-state index is 13.0. The number of nitrogens with zero attached hydrogens (tertiary/aromatic N) is 2. The first-order valence-corrected chi connectivity index (χ1v) is 7.79. The number of hydrogen-bond donors (Lipinski definition) is 2. The molecular formula is C17H10ClF3N4O3. The topological polar surface area (TPSA) is 108 Å². The van der Waals surface area contributed by atoms with E-state index in [1.807, 2.05) is 0 Å². The van der Waals surface area contributed by atoms with Gasteiger partial charge in [-0.1, -0.05) is 23.7 Å². The molecule has 0 bridgehead atoms. The van der Waals surface area contributed by atoms with Gasteiger partial charge in [-0.25, -0.2) is 0 Å². The lowest BCUT2D eigenvalue weighted by atomic mass is 10.1. The molecule has 0 atom stereocenters. The molecule has 0 aromatic heterocycles. The predicted molar refractivity (Wildman–Crippen MR) is 95.5 cm³/mol. The maximum Gasteiger partial charge on any atom is 0.418 e. The molecule has 0 aliphatic heterocycles. The van der Waals surface area contributed by atoms with E-state index in [1.165, 1.54) is 24.3 Å². The highest BCUT2D eigenvalue weighted by atomic mass is 35.5. The van der Waals surface area contributed by atoms with E-state index in [1.54, 1.807) is 6.07 Å². The molecule has 2 rings (SSSR count). The normalized spacial score (nSPS) is 11.5. The number of para-hydroxylation sites is 1. The van der Waals surface area contributed by atoms with Crippen molar-refractivity contribution in [3.8, 4) is 6.07 Å². The number of nitriles is 1. The van der Waals surface area contributed by atoms with Gasteiger partial charge >= 0.3 is 6.18 Å². The zero-order valence-electron chi connectivity index (χ0n) is 13.7. The molecule has 0 aliphatic carbocycles. The summed E-state index contributed by atoms with van der Waals surface area (Å²) in [5.41, 5.74) is -2.35. The van der Waals surface area contributed by atoms with Crippen LogP contribution in [0.2, 0.25) is 5.02 Å². The zero-order valence-corrected chi connectivity index (χ0v) is 14.5. The van der Waals surface area contributed by atoms with Crippen LogP contribution in [0.5, 0.6) is 0 Å². The summed E-state index contributed by atoms with van der Waals surface area (Å²) in [6.07, 6.45) is -3.82. The fraction of sp³-hybridized carbons (Fsp3) is 0.0588. The Morgan fingerprint density at radius 1 is 1.25 bits per heavy atom. The average molecular weight is 411 g/mol. The third-order valence-corrected chi connectivity index (χ3v) is 3.69. The summed E-state index contributed by atoms with van der Waals surface area (Å²) >= 11 is 5.67. The lowest BCUT2D eigenvalue weighted by Crippen LogP contribution is -2.15. The smallest absolute Gasteiger partial charge is 0.360 e. The first-order valence-electron chi connectivity index (χ1n) is 7.42. The van der Waals surface area contributed by atoms with Crippen LogP contribution in [0.15, 0.2) is 54.2 Å². The number of benzene rings is 2. The van der Waals surface area contributed by atoms with Crippen LogP contribution >= 0.6 is 11.6 Å². The number of nitro benzene ring substituents is 1. The van der Waals surface area contributed by atoms with E-state index in [0.717, 1.165) is 24.4 Å². The Morgan fingerprint density at radius 3 is 2.54 bits per heavy atom. The fourth-order valence-electron chi connectivity index (χ4n) is 2.08. The maximum atomic E-state index is 13.0. The molecule has 2 aromatic carbocycles. The number of nitrogens with one attached hydrogen (secondary N) is 2. The van der Waals surface area contributed by atoms with Crippen LogP contribution in [0.1, 0.15) is 5.56 Å². The highest BCUT2D eigenvalue weighted by Gasteiger charge is 2.33. The molecule has 7 nitrogen and oxygen atoms in total. The van der Waals surface area contributed by atoms with Gasteiger partial charge in [0.2, 0.25) is 0 Å². The van der Waals surface area contributed by atoms with Crippen molar-refractivity contribution in [2.45, 2.75) is 6.18 Å². The summed E-state index contributed by atoms with van der Waals surface area (Å²) in [5, 5.41) is 24.3. The third kappa shape index (κ3) is 4.99. The van der Waals surface area contributed by atoms with Crippen LogP contribution < -0.4 is 10.6 Å². The Morgan fingerprint density at radius 2 is 1.93 bits per heavy atom. The average Bonchev–Trinajstić information content (AvgIpc) is 2.63. The van der Waals surface area contributed by atoms with Gasteiger partial charge in [-0.2, -0.15) is 18.4 Å². The summed E-state index contributed by atoms with van der Waals surface area (Å²) in [6.45, 7) is 0. The van der Waals surface area contributed by atoms with Crippen molar-refractivity contribution in [1.29, 1.82) is 5.26 Å². The molecule has 0 fully saturated rings. The number of anilines is 2. The van der Waals surface area contributed by atoms with Crippen LogP contribution in [0.4, 0.5) is 30.2 Å². The number of alkyl halides is 3. The Hall–Kier alpha value is -3.58. The second-order valence-corrected chi connectivity index (χ2v) is 5.64. The van der Waals surface area contributed by atoms with Gasteiger partial charge in [-0.15, -0.1) is 0 Å². The molecule has 1 amide bonds. The quantitative estimate of drug-likeness (QED) is 0.321. The lowest BCUT2D eigenvalue weighted by molar-refractivity contribution is -0.384. The summed E-state index contributed by atoms with van der Waals surface area (Å²) in [4.78, 5) is 22.3. The van der Waals surface area contributed by atoms with Crippen molar-refractivity contribution in [3.63, 3.8) is 0 Å². The molecule has 11 heteroatoms. The molecule has 2 N–H and O–H groups in total. The second-order valence-electron chi connectivity index (χ2n) is 5.23. The number of carbonyl (C=O) groups excluding carboxylic acids is 1. The molecular weight excluding hydrogens is 401 g/mol. The van der Waals surface area contributed by atoms with Gasteiger partial charge in [-0.05, 0) is 24.3 Å². The standard InChI is InChI=1S/C17H10ClF3N4O3/c18-13-6-5-11(7-15(13)25(27)28)24-16(26)10(8-22)9-23-14-4-2-1-3-12(14)17(19,20)21/h1-7,9,23H,(H,24,26)/b10-9-. The van der Waals surface area contributed by atoms with Crippen molar-refractivity contribution in [3.05, 3.63) is 74.9 Å². The number of rotatable bonds is 5. The highest BCUT2D eigenvalue weighted by Crippen LogP contribution is 2.34. The number of halogens is 4. The SMILES string of the molecule is N#C/C(=C/Nc1ccccc1C(F)(F)F)C(=O)Nc1ccc(Cl)c([N+](=O)[O-])c1. The second kappa shape index (κ2) is 8.41. The summed E-state index contributed by atoms with van der Waals surface area (Å²) in [5.74, 6) is -0.976. The molecule has 0 aliphatic rings. The Bertz CT molecular complexity index is 1000. The Kier molecular flexibility index (Phi) is 6.22. The van der Waals surface area contributed by atoms with Crippen molar-refractivity contribution in [2.75, 3.05) is 10.6 Å². The summed E-state index contributed by atoms with van der Waals surface area (Å²) in [7, 11) is 0. The van der Waals surface area contributed by atoms with Gasteiger partial charge in [0.15, 0.2) is 0 Å². The minimum absolute atomic E-state index is 0.0158. The van der Waals surface area contributed by atoms with Crippen LogP contribution in [-0.2, 0) is 11.0 Å². The molecule has 0 saturated carbocycles. The van der Waals surface area contributed by atoms with E-state index < -0.39 is 33.8 Å². The number of hydrogen-bond acceptors (Lipinski definition) is 5. The minimum atomic E-state index is -4.63.